The summed E-state index contributed by atoms with van der Waals surface area (Å²) in [6.07, 6.45) is 26.9. The quantitative estimate of drug-likeness (QED) is 0.152. The van der Waals surface area contributed by atoms with Crippen molar-refractivity contribution < 1.29 is 4.57 Å². The molecule has 0 saturated carbocycles. The van der Waals surface area contributed by atoms with E-state index >= 15 is 0 Å². The Kier molecular flexibility index (Phi) is 14.9. The molecule has 178 valence electrons. The Morgan fingerprint density at radius 3 is 1.69 bits per heavy atom. The average molecular weight is 437 g/mol. The lowest BCUT2D eigenvalue weighted by atomic mass is 9.91. The fourth-order valence-electron chi connectivity index (χ4n) is 5.01. The van der Waals surface area contributed by atoms with Crippen molar-refractivity contribution >= 4 is 0 Å². The number of aromatic nitrogens is 1. The molecule has 0 amide bonds. The van der Waals surface area contributed by atoms with Gasteiger partial charge in [0.15, 0.2) is 18.4 Å². The molecule has 2 atom stereocenters. The predicted molar refractivity (Wildman–Crippen MR) is 140 cm³/mol. The zero-order valence-corrected chi connectivity index (χ0v) is 21.2. The molecule has 2 aromatic rings. The lowest BCUT2D eigenvalue weighted by Gasteiger charge is -2.17. The number of hydrogen-bond donors (Lipinski definition) is 0. The third-order valence-electron chi connectivity index (χ3n) is 6.90. The fraction of sp³-hybridized carbons (Fsp3) is 0.645. The van der Waals surface area contributed by atoms with Crippen molar-refractivity contribution in [1.82, 2.24) is 0 Å². The summed E-state index contributed by atoms with van der Waals surface area (Å²) < 4.78 is 2.46. The molecule has 0 saturated heterocycles. The van der Waals surface area contributed by atoms with Gasteiger partial charge in [0.25, 0.3) is 0 Å². The van der Waals surface area contributed by atoms with E-state index in [1.807, 2.05) is 0 Å². The van der Waals surface area contributed by atoms with E-state index in [1.165, 1.54) is 108 Å². The minimum Gasteiger partial charge on any atom is -0.202 e. The average Bonchev–Trinajstić information content (AvgIpc) is 2.82. The second-order valence-corrected chi connectivity index (χ2v) is 10.0. The highest BCUT2D eigenvalue weighted by Gasteiger charge is 2.21. The van der Waals surface area contributed by atoms with Crippen LogP contribution in [0.15, 0.2) is 60.9 Å². The summed E-state index contributed by atoms with van der Waals surface area (Å²) in [5.41, 5.74) is 1.47. The summed E-state index contributed by atoms with van der Waals surface area (Å²) in [4.78, 5) is 0. The van der Waals surface area contributed by atoms with Crippen LogP contribution in [0.3, 0.4) is 0 Å². The van der Waals surface area contributed by atoms with Crippen LogP contribution in [-0.4, -0.2) is 0 Å². The van der Waals surface area contributed by atoms with Crippen LogP contribution in [0.1, 0.15) is 122 Å². The van der Waals surface area contributed by atoms with E-state index in [1.54, 1.807) is 0 Å². The first-order valence-corrected chi connectivity index (χ1v) is 13.8. The second-order valence-electron chi connectivity index (χ2n) is 10.0. The Hall–Kier alpha value is -1.63. The minimum atomic E-state index is 0.627. The number of hydrogen-bond acceptors (Lipinski definition) is 0. The first-order valence-electron chi connectivity index (χ1n) is 13.8. The maximum atomic E-state index is 2.46. The van der Waals surface area contributed by atoms with E-state index < -0.39 is 0 Å². The summed E-state index contributed by atoms with van der Waals surface area (Å²) in [5, 5.41) is 0. The zero-order valence-electron chi connectivity index (χ0n) is 21.2. The first-order chi connectivity index (χ1) is 15.8. The van der Waals surface area contributed by atoms with Crippen LogP contribution in [0.2, 0.25) is 0 Å². The van der Waals surface area contributed by atoms with Gasteiger partial charge in [0, 0.05) is 25.0 Å². The third kappa shape index (κ3) is 12.4. The topological polar surface area (TPSA) is 3.88 Å². The molecule has 2 rings (SSSR count). The van der Waals surface area contributed by atoms with Crippen LogP contribution in [0.4, 0.5) is 0 Å². The predicted octanol–water partition coefficient (Wildman–Crippen LogP) is 9.27. The van der Waals surface area contributed by atoms with Gasteiger partial charge in [0.05, 0.1) is 0 Å². The Bertz CT molecular complexity index is 651. The van der Waals surface area contributed by atoms with Crippen LogP contribution in [0, 0.1) is 5.92 Å². The van der Waals surface area contributed by atoms with E-state index in [-0.39, 0.29) is 0 Å². The van der Waals surface area contributed by atoms with Gasteiger partial charge in [-0.15, -0.1) is 0 Å². The van der Waals surface area contributed by atoms with Crippen LogP contribution in [0.25, 0.3) is 0 Å². The van der Waals surface area contributed by atoms with E-state index in [0.29, 0.717) is 12.0 Å². The Balaban J connectivity index is 1.59. The van der Waals surface area contributed by atoms with Crippen molar-refractivity contribution in [2.45, 2.75) is 123 Å². The van der Waals surface area contributed by atoms with Gasteiger partial charge in [-0.2, -0.15) is 0 Å². The highest BCUT2D eigenvalue weighted by molar-refractivity contribution is 5.15. The molecule has 0 radical (unpaired) electrons. The van der Waals surface area contributed by atoms with Crippen molar-refractivity contribution in [3.8, 4) is 0 Å². The molecule has 0 fully saturated rings. The number of benzene rings is 1. The molecule has 0 spiro atoms. The molecular formula is C31H50N+. The number of rotatable bonds is 19. The van der Waals surface area contributed by atoms with E-state index in [2.05, 4.69) is 79.3 Å². The van der Waals surface area contributed by atoms with E-state index in [0.717, 1.165) is 0 Å². The summed E-state index contributed by atoms with van der Waals surface area (Å²) in [7, 11) is 0. The molecule has 0 aliphatic rings. The van der Waals surface area contributed by atoms with Crippen molar-refractivity contribution in [3.63, 3.8) is 0 Å². The van der Waals surface area contributed by atoms with Gasteiger partial charge < -0.3 is 0 Å². The molecule has 1 aromatic heterocycles. The van der Waals surface area contributed by atoms with Crippen LogP contribution in [-0.2, 0) is 6.42 Å². The molecule has 0 aliphatic carbocycles. The van der Waals surface area contributed by atoms with Gasteiger partial charge in [-0.1, -0.05) is 127 Å². The molecule has 0 bridgehead atoms. The van der Waals surface area contributed by atoms with Gasteiger partial charge in [-0.3, -0.25) is 0 Å². The summed E-state index contributed by atoms with van der Waals surface area (Å²) in [6.45, 7) is 4.72. The van der Waals surface area contributed by atoms with Gasteiger partial charge in [-0.05, 0) is 24.3 Å². The molecule has 1 heteroatoms. The maximum Gasteiger partial charge on any atom is 0.169 e. The Morgan fingerprint density at radius 2 is 1.12 bits per heavy atom. The molecule has 2 unspecified atom stereocenters. The highest BCUT2D eigenvalue weighted by atomic mass is 15.0. The van der Waals surface area contributed by atoms with Crippen LogP contribution >= 0.6 is 0 Å². The third-order valence-corrected chi connectivity index (χ3v) is 6.90. The molecule has 1 heterocycles. The smallest absolute Gasteiger partial charge is 0.169 e. The minimum absolute atomic E-state index is 0.627. The Labute approximate surface area is 199 Å². The number of unbranched alkanes of at least 4 members (excludes halogenated alkanes) is 12. The van der Waals surface area contributed by atoms with Gasteiger partial charge >= 0.3 is 0 Å². The zero-order chi connectivity index (χ0) is 22.7. The molecular weight excluding hydrogens is 386 g/mol. The standard InChI is InChI=1S/C31H50N/c1-3-4-5-6-7-8-9-10-11-12-13-14-19-24-31(32-25-20-16-21-26-32)28-29(2)27-30-22-17-15-18-23-30/h15-18,20-23,25-26,29,31H,3-14,19,24,27-28H2,1-2H3/q+1. The van der Waals surface area contributed by atoms with Gasteiger partial charge in [0.1, 0.15) is 0 Å². The number of pyridine rings is 1. The van der Waals surface area contributed by atoms with Gasteiger partial charge in [-0.25, -0.2) is 4.57 Å². The molecule has 1 aromatic carbocycles. The van der Waals surface area contributed by atoms with Crippen molar-refractivity contribution in [2.24, 2.45) is 5.92 Å². The number of nitrogens with zero attached hydrogens (tertiary/aromatic N) is 1. The Morgan fingerprint density at radius 1 is 0.625 bits per heavy atom. The summed E-state index contributed by atoms with van der Waals surface area (Å²) >= 11 is 0. The molecule has 1 nitrogen and oxygen atoms in total. The van der Waals surface area contributed by atoms with Crippen molar-refractivity contribution in [1.29, 1.82) is 0 Å². The van der Waals surface area contributed by atoms with Crippen LogP contribution in [0.5, 0.6) is 0 Å². The maximum absolute atomic E-state index is 2.46. The van der Waals surface area contributed by atoms with Gasteiger partial charge in [0.2, 0.25) is 0 Å². The largest absolute Gasteiger partial charge is 0.202 e. The van der Waals surface area contributed by atoms with Crippen molar-refractivity contribution in [3.05, 3.63) is 66.5 Å². The highest BCUT2D eigenvalue weighted by Crippen LogP contribution is 2.22. The normalized spacial score (nSPS) is 13.2. The lowest BCUT2D eigenvalue weighted by Crippen LogP contribution is -2.39. The van der Waals surface area contributed by atoms with Crippen LogP contribution < -0.4 is 4.57 Å². The molecule has 32 heavy (non-hydrogen) atoms. The SMILES string of the molecule is CCCCCCCCCCCCCCCC(CC(C)Cc1ccccc1)[n+]1ccccc1. The molecule has 0 aliphatic heterocycles. The van der Waals surface area contributed by atoms with E-state index in [9.17, 15) is 0 Å². The van der Waals surface area contributed by atoms with Crippen molar-refractivity contribution in [2.75, 3.05) is 0 Å². The monoisotopic (exact) mass is 436 g/mol. The summed E-state index contributed by atoms with van der Waals surface area (Å²) in [6, 6.07) is 18.1. The fourth-order valence-corrected chi connectivity index (χ4v) is 5.01. The first kappa shape index (κ1) is 26.6. The lowest BCUT2D eigenvalue weighted by molar-refractivity contribution is -0.725. The molecule has 0 N–H and O–H groups in total. The summed E-state index contributed by atoms with van der Waals surface area (Å²) in [5.74, 6) is 0.706. The second kappa shape index (κ2) is 17.9. The van der Waals surface area contributed by atoms with E-state index in [4.69, 9.17) is 0 Å².